The second-order valence-corrected chi connectivity index (χ2v) is 9.29. The molecule has 2 aromatic rings. The number of piperidine rings is 1. The van der Waals surface area contributed by atoms with E-state index >= 15 is 0 Å². The molecule has 0 aliphatic carbocycles. The number of rotatable bonds is 6. The third-order valence-electron chi connectivity index (χ3n) is 4.99. The van der Waals surface area contributed by atoms with E-state index in [4.69, 9.17) is 4.74 Å². The molecule has 1 saturated heterocycles. The second-order valence-electron chi connectivity index (χ2n) is 7.21. The zero-order valence-corrected chi connectivity index (χ0v) is 18.1. The molecule has 0 N–H and O–H groups in total. The quantitative estimate of drug-likeness (QED) is 0.503. The summed E-state index contributed by atoms with van der Waals surface area (Å²) in [6, 6.07) is 7.78. The lowest BCUT2D eigenvalue weighted by atomic mass is 9.97. The first-order valence-corrected chi connectivity index (χ1v) is 11.4. The standard InChI is InChI=1S/C21H26N2O3S2/c1-14-12-27-21(22-14)28-13-17-9-4-5-10-18(17)20(25)26-11-19(24)23-15(2)7-6-8-16(23)3/h4-5,9-10,12,15-16H,6-8,11,13H2,1-3H3/t15-,16-/m0/s1. The zero-order chi connectivity index (χ0) is 20.1. The molecule has 1 aromatic heterocycles. The summed E-state index contributed by atoms with van der Waals surface area (Å²) >= 11 is 3.20. The largest absolute Gasteiger partial charge is 0.452 e. The minimum Gasteiger partial charge on any atom is -0.452 e. The monoisotopic (exact) mass is 418 g/mol. The molecule has 0 spiro atoms. The van der Waals surface area contributed by atoms with Gasteiger partial charge >= 0.3 is 5.97 Å². The van der Waals surface area contributed by atoms with Gasteiger partial charge in [-0.1, -0.05) is 30.0 Å². The van der Waals surface area contributed by atoms with Gasteiger partial charge in [-0.3, -0.25) is 4.79 Å². The van der Waals surface area contributed by atoms with Gasteiger partial charge in [0.15, 0.2) is 6.61 Å². The minimum absolute atomic E-state index is 0.113. The summed E-state index contributed by atoms with van der Waals surface area (Å²) in [5.74, 6) is 0.0715. The van der Waals surface area contributed by atoms with Crippen LogP contribution in [0.1, 0.15) is 54.7 Å². The molecule has 0 radical (unpaired) electrons. The molecule has 1 amide bonds. The molecular weight excluding hydrogens is 392 g/mol. The maximum Gasteiger partial charge on any atom is 0.338 e. The van der Waals surface area contributed by atoms with Gasteiger partial charge in [0, 0.05) is 28.9 Å². The van der Waals surface area contributed by atoms with E-state index in [1.54, 1.807) is 29.2 Å². The number of ether oxygens (including phenoxy) is 1. The van der Waals surface area contributed by atoms with E-state index in [-0.39, 0.29) is 24.6 Å². The molecule has 3 rings (SSSR count). The first kappa shape index (κ1) is 20.9. The number of hydrogen-bond acceptors (Lipinski definition) is 6. The number of benzene rings is 1. The van der Waals surface area contributed by atoms with E-state index in [9.17, 15) is 9.59 Å². The van der Waals surface area contributed by atoms with Gasteiger partial charge in [0.25, 0.3) is 5.91 Å². The Morgan fingerprint density at radius 1 is 1.25 bits per heavy atom. The average molecular weight is 419 g/mol. The number of carbonyl (C=O) groups excluding carboxylic acids is 2. The maximum atomic E-state index is 12.6. The Kier molecular flexibility index (Phi) is 7.13. The van der Waals surface area contributed by atoms with Crippen molar-refractivity contribution in [2.45, 2.75) is 62.2 Å². The fourth-order valence-corrected chi connectivity index (χ4v) is 5.43. The van der Waals surface area contributed by atoms with Crippen molar-refractivity contribution >= 4 is 35.0 Å². The van der Waals surface area contributed by atoms with Gasteiger partial charge in [0.05, 0.1) is 5.56 Å². The van der Waals surface area contributed by atoms with Gasteiger partial charge in [-0.25, -0.2) is 9.78 Å². The molecule has 5 nitrogen and oxygen atoms in total. The van der Waals surface area contributed by atoms with Gasteiger partial charge in [0.2, 0.25) is 0 Å². The van der Waals surface area contributed by atoms with Crippen LogP contribution >= 0.6 is 23.1 Å². The van der Waals surface area contributed by atoms with Crippen molar-refractivity contribution in [3.63, 3.8) is 0 Å². The van der Waals surface area contributed by atoms with E-state index in [0.29, 0.717) is 11.3 Å². The number of thioether (sulfide) groups is 1. The number of carbonyl (C=O) groups is 2. The van der Waals surface area contributed by atoms with E-state index in [1.165, 1.54) is 0 Å². The average Bonchev–Trinajstić information content (AvgIpc) is 3.10. The highest BCUT2D eigenvalue weighted by Crippen LogP contribution is 2.27. The summed E-state index contributed by atoms with van der Waals surface area (Å²) in [4.78, 5) is 31.5. The lowest BCUT2D eigenvalue weighted by Crippen LogP contribution is -2.49. The Hall–Kier alpha value is -1.86. The fraction of sp³-hybridized carbons (Fsp3) is 0.476. The number of hydrogen-bond donors (Lipinski definition) is 0. The van der Waals surface area contributed by atoms with Crippen LogP contribution in [0.2, 0.25) is 0 Å². The lowest BCUT2D eigenvalue weighted by molar-refractivity contribution is -0.140. The number of likely N-dealkylation sites (tertiary alicyclic amines) is 1. The minimum atomic E-state index is -0.447. The van der Waals surface area contributed by atoms with E-state index < -0.39 is 5.97 Å². The fourth-order valence-electron chi connectivity index (χ4n) is 3.58. The zero-order valence-electron chi connectivity index (χ0n) is 16.5. The molecule has 150 valence electrons. The molecule has 0 unspecified atom stereocenters. The van der Waals surface area contributed by atoms with Crippen molar-refractivity contribution in [3.05, 3.63) is 46.5 Å². The van der Waals surface area contributed by atoms with Crippen molar-refractivity contribution < 1.29 is 14.3 Å². The van der Waals surface area contributed by atoms with Crippen LogP contribution in [0.5, 0.6) is 0 Å². The molecule has 1 aliphatic rings. The number of esters is 1. The highest BCUT2D eigenvalue weighted by molar-refractivity contribution is 8.00. The molecule has 2 atom stereocenters. The summed E-state index contributed by atoms with van der Waals surface area (Å²) in [7, 11) is 0. The summed E-state index contributed by atoms with van der Waals surface area (Å²) in [6.07, 6.45) is 3.14. The third-order valence-corrected chi connectivity index (χ3v) is 7.18. The smallest absolute Gasteiger partial charge is 0.338 e. The van der Waals surface area contributed by atoms with Crippen LogP contribution in [0.25, 0.3) is 0 Å². The molecule has 7 heteroatoms. The maximum absolute atomic E-state index is 12.6. The van der Waals surface area contributed by atoms with Crippen LogP contribution in [-0.4, -0.2) is 40.5 Å². The molecule has 1 fully saturated rings. The van der Waals surface area contributed by atoms with Crippen LogP contribution < -0.4 is 0 Å². The van der Waals surface area contributed by atoms with Crippen molar-refractivity contribution in [2.75, 3.05) is 6.61 Å². The van der Waals surface area contributed by atoms with Crippen LogP contribution in [0, 0.1) is 6.92 Å². The number of aryl methyl sites for hydroxylation is 1. The summed E-state index contributed by atoms with van der Waals surface area (Å²) < 4.78 is 6.36. The van der Waals surface area contributed by atoms with Gasteiger partial charge in [0.1, 0.15) is 4.34 Å². The SMILES string of the molecule is Cc1csc(SCc2ccccc2C(=O)OCC(=O)N2[C@@H](C)CCC[C@@H]2C)n1. The van der Waals surface area contributed by atoms with E-state index in [0.717, 1.165) is 34.9 Å². The van der Waals surface area contributed by atoms with Crippen LogP contribution in [-0.2, 0) is 15.3 Å². The predicted octanol–water partition coefficient (Wildman–Crippen LogP) is 4.69. The van der Waals surface area contributed by atoms with Gasteiger partial charge < -0.3 is 9.64 Å². The van der Waals surface area contributed by atoms with Crippen molar-refractivity contribution in [1.29, 1.82) is 0 Å². The number of aromatic nitrogens is 1. The highest BCUT2D eigenvalue weighted by Gasteiger charge is 2.29. The normalized spacial score (nSPS) is 19.5. The highest BCUT2D eigenvalue weighted by atomic mass is 32.2. The first-order valence-electron chi connectivity index (χ1n) is 9.57. The molecule has 28 heavy (non-hydrogen) atoms. The predicted molar refractivity (Wildman–Crippen MR) is 113 cm³/mol. The molecule has 0 bridgehead atoms. The van der Waals surface area contributed by atoms with E-state index in [1.807, 2.05) is 35.4 Å². The Morgan fingerprint density at radius 3 is 2.64 bits per heavy atom. The summed E-state index contributed by atoms with van der Waals surface area (Å²) in [5.41, 5.74) is 2.40. The molecule has 1 aliphatic heterocycles. The topological polar surface area (TPSA) is 59.5 Å². The Balaban J connectivity index is 1.60. The van der Waals surface area contributed by atoms with Gasteiger partial charge in [-0.15, -0.1) is 11.3 Å². The van der Waals surface area contributed by atoms with Crippen LogP contribution in [0.3, 0.4) is 0 Å². The molecule has 1 aromatic carbocycles. The second kappa shape index (κ2) is 9.56. The van der Waals surface area contributed by atoms with E-state index in [2.05, 4.69) is 18.8 Å². The van der Waals surface area contributed by atoms with Crippen molar-refractivity contribution in [3.8, 4) is 0 Å². The Morgan fingerprint density at radius 2 is 1.96 bits per heavy atom. The van der Waals surface area contributed by atoms with Gasteiger partial charge in [-0.05, 0) is 51.7 Å². The molecular formula is C21H26N2O3S2. The molecule has 2 heterocycles. The number of thiazole rings is 1. The van der Waals surface area contributed by atoms with Crippen molar-refractivity contribution in [1.82, 2.24) is 9.88 Å². The van der Waals surface area contributed by atoms with Crippen LogP contribution in [0.15, 0.2) is 34.0 Å². The van der Waals surface area contributed by atoms with Gasteiger partial charge in [-0.2, -0.15) is 0 Å². The molecule has 0 saturated carbocycles. The lowest BCUT2D eigenvalue weighted by Gasteiger charge is -2.38. The number of amides is 1. The first-order chi connectivity index (χ1) is 13.5. The Labute approximate surface area is 174 Å². The third kappa shape index (κ3) is 5.14. The van der Waals surface area contributed by atoms with Crippen molar-refractivity contribution in [2.24, 2.45) is 0 Å². The summed E-state index contributed by atoms with van der Waals surface area (Å²) in [5, 5.41) is 2.01. The summed E-state index contributed by atoms with van der Waals surface area (Å²) in [6.45, 7) is 5.87. The number of nitrogens with zero attached hydrogens (tertiary/aromatic N) is 2. The van der Waals surface area contributed by atoms with Crippen LogP contribution in [0.4, 0.5) is 0 Å². The Bertz CT molecular complexity index is 827.